The summed E-state index contributed by atoms with van der Waals surface area (Å²) in [5.41, 5.74) is 5.00. The Bertz CT molecular complexity index is 1280. The fourth-order valence-electron chi connectivity index (χ4n) is 4.00. The zero-order valence-corrected chi connectivity index (χ0v) is 19.2. The molecule has 0 radical (unpaired) electrons. The number of aliphatic hydroxyl groups excluding tert-OH is 1. The fraction of sp³-hybridized carbons (Fsp3) is 0.360. The molecule has 1 fully saturated rings. The Labute approximate surface area is 192 Å². The Morgan fingerprint density at radius 3 is 2.73 bits per heavy atom. The predicted molar refractivity (Wildman–Crippen MR) is 128 cm³/mol. The number of aliphatic hydroxyl groups is 1. The van der Waals surface area contributed by atoms with E-state index < -0.39 is 6.10 Å². The van der Waals surface area contributed by atoms with E-state index in [-0.39, 0.29) is 11.8 Å². The maximum absolute atomic E-state index is 12.3. The molecule has 4 rings (SSSR count). The number of pyridine rings is 3. The van der Waals surface area contributed by atoms with Crippen LogP contribution in [-0.4, -0.2) is 45.8 Å². The Morgan fingerprint density at radius 2 is 2.12 bits per heavy atom. The van der Waals surface area contributed by atoms with E-state index in [1.54, 1.807) is 25.6 Å². The second-order valence-corrected chi connectivity index (χ2v) is 8.24. The quantitative estimate of drug-likeness (QED) is 0.578. The molecule has 1 atom stereocenters. The molecule has 0 saturated carbocycles. The van der Waals surface area contributed by atoms with Gasteiger partial charge in [0.25, 0.3) is 0 Å². The molecule has 0 aromatic carbocycles. The van der Waals surface area contributed by atoms with Gasteiger partial charge in [0.15, 0.2) is 0 Å². The summed E-state index contributed by atoms with van der Waals surface area (Å²) in [6, 6.07) is 5.77. The van der Waals surface area contributed by atoms with Crippen molar-refractivity contribution in [2.75, 3.05) is 25.6 Å². The van der Waals surface area contributed by atoms with Crippen LogP contribution in [0.2, 0.25) is 0 Å². The number of aromatic nitrogens is 3. The van der Waals surface area contributed by atoms with Gasteiger partial charge >= 0.3 is 0 Å². The van der Waals surface area contributed by atoms with Crippen molar-refractivity contribution in [1.29, 1.82) is 0 Å². The highest BCUT2D eigenvalue weighted by atomic mass is 16.5. The van der Waals surface area contributed by atoms with Crippen molar-refractivity contribution in [3.8, 4) is 11.1 Å². The van der Waals surface area contributed by atoms with Crippen molar-refractivity contribution in [3.63, 3.8) is 0 Å². The monoisotopic (exact) mass is 447 g/mol. The summed E-state index contributed by atoms with van der Waals surface area (Å²) < 4.78 is 6.98. The molecule has 0 aliphatic carbocycles. The Balaban J connectivity index is 1.79. The minimum Gasteiger partial charge on any atom is -0.387 e. The third kappa shape index (κ3) is 4.44. The zero-order valence-electron chi connectivity index (χ0n) is 19.2. The highest BCUT2D eigenvalue weighted by Crippen LogP contribution is 2.27. The largest absolute Gasteiger partial charge is 0.387 e. The molecule has 3 aromatic rings. The van der Waals surface area contributed by atoms with Crippen molar-refractivity contribution in [2.45, 2.75) is 32.8 Å². The molecule has 0 bridgehead atoms. The lowest BCUT2D eigenvalue weighted by molar-refractivity contribution is -0.133. The molecular weight excluding hydrogens is 418 g/mol. The molecule has 1 saturated heterocycles. The number of anilines is 1. The molecule has 33 heavy (non-hydrogen) atoms. The number of nitrogens with one attached hydrogen (secondary N) is 1. The van der Waals surface area contributed by atoms with Gasteiger partial charge in [-0.05, 0) is 31.0 Å². The molecule has 1 aliphatic heterocycles. The number of amides is 1. The minimum absolute atomic E-state index is 0.0951. The molecule has 3 aromatic heterocycles. The van der Waals surface area contributed by atoms with Gasteiger partial charge in [-0.15, -0.1) is 0 Å². The number of ether oxygens (including phenoxy) is 1. The van der Waals surface area contributed by atoms with Gasteiger partial charge in [0.05, 0.1) is 36.4 Å². The van der Waals surface area contributed by atoms with E-state index in [1.807, 2.05) is 36.6 Å². The lowest BCUT2D eigenvalue weighted by atomic mass is 10.00. The summed E-state index contributed by atoms with van der Waals surface area (Å²) in [6.07, 6.45) is 6.20. The second-order valence-electron chi connectivity index (χ2n) is 8.24. The third-order valence-corrected chi connectivity index (χ3v) is 5.92. The van der Waals surface area contributed by atoms with Crippen molar-refractivity contribution in [3.05, 3.63) is 53.9 Å². The van der Waals surface area contributed by atoms with Gasteiger partial charge in [-0.3, -0.25) is 14.8 Å². The van der Waals surface area contributed by atoms with E-state index in [0.29, 0.717) is 36.6 Å². The van der Waals surface area contributed by atoms with Crippen LogP contribution in [0.3, 0.4) is 0 Å². The predicted octanol–water partition coefficient (Wildman–Crippen LogP) is 3.46. The van der Waals surface area contributed by atoms with Gasteiger partial charge in [-0.1, -0.05) is 19.9 Å². The van der Waals surface area contributed by atoms with Crippen LogP contribution in [0.25, 0.3) is 28.2 Å². The molecule has 172 valence electrons. The van der Waals surface area contributed by atoms with Crippen LogP contribution in [0, 0.1) is 12.8 Å². The highest BCUT2D eigenvalue weighted by molar-refractivity contribution is 5.95. The van der Waals surface area contributed by atoms with Crippen molar-refractivity contribution < 1.29 is 14.6 Å². The van der Waals surface area contributed by atoms with Crippen LogP contribution in [0.4, 0.5) is 5.82 Å². The lowest BCUT2D eigenvalue weighted by Crippen LogP contribution is -2.38. The first-order valence-corrected chi connectivity index (χ1v) is 11.1. The van der Waals surface area contributed by atoms with Crippen LogP contribution in [0.1, 0.15) is 37.1 Å². The summed E-state index contributed by atoms with van der Waals surface area (Å²) in [4.78, 5) is 25.8. The Kier molecular flexibility index (Phi) is 6.67. The zero-order chi connectivity index (χ0) is 23.5. The van der Waals surface area contributed by atoms with Gasteiger partial charge in [0, 0.05) is 48.2 Å². The van der Waals surface area contributed by atoms with Gasteiger partial charge < -0.3 is 19.7 Å². The molecule has 4 heterocycles. The van der Waals surface area contributed by atoms with Crippen LogP contribution >= 0.6 is 0 Å². The maximum Gasteiger partial charge on any atom is 0.233 e. The molecule has 2 N–H and O–H groups in total. The third-order valence-electron chi connectivity index (χ3n) is 5.92. The average molecular weight is 448 g/mol. The van der Waals surface area contributed by atoms with E-state index in [0.717, 1.165) is 34.0 Å². The first-order valence-electron chi connectivity index (χ1n) is 11.1. The summed E-state index contributed by atoms with van der Waals surface area (Å²) in [7, 11) is 1.73. The topological polar surface area (TPSA) is 102 Å². The second kappa shape index (κ2) is 9.64. The number of hydrogen-bond donors (Lipinski definition) is 2. The Hall–Kier alpha value is -3.36. The molecular formula is C25H29N5O3. The van der Waals surface area contributed by atoms with E-state index in [1.165, 1.54) is 0 Å². The van der Waals surface area contributed by atoms with E-state index in [9.17, 15) is 9.90 Å². The van der Waals surface area contributed by atoms with Crippen LogP contribution in [-0.2, 0) is 9.53 Å². The van der Waals surface area contributed by atoms with Gasteiger partial charge in [-0.25, -0.2) is 4.98 Å². The van der Waals surface area contributed by atoms with E-state index in [2.05, 4.69) is 26.9 Å². The molecule has 1 unspecified atom stereocenters. The van der Waals surface area contributed by atoms with Crippen LogP contribution in [0.5, 0.6) is 0 Å². The number of fused-ring (bicyclic) bond motifs is 1. The molecule has 0 spiro atoms. The maximum atomic E-state index is 12.3. The number of nitrogens with zero attached hydrogens (tertiary/aromatic N) is 4. The number of carbonyl (C=O) groups is 1. The number of aryl methyl sites for hydroxylation is 1. The van der Waals surface area contributed by atoms with Crippen LogP contribution in [0.15, 0.2) is 42.2 Å². The average Bonchev–Trinajstić information content (AvgIpc) is 2.76. The smallest absolute Gasteiger partial charge is 0.233 e. The Morgan fingerprint density at radius 1 is 1.33 bits per heavy atom. The normalized spacial score (nSPS) is 15.3. The van der Waals surface area contributed by atoms with Gasteiger partial charge in [-0.2, -0.15) is 0 Å². The van der Waals surface area contributed by atoms with Crippen LogP contribution < -0.4 is 10.8 Å². The summed E-state index contributed by atoms with van der Waals surface area (Å²) >= 11 is 0. The lowest BCUT2D eigenvalue weighted by Gasteiger charge is -2.24. The minimum atomic E-state index is -0.572. The van der Waals surface area contributed by atoms with Gasteiger partial charge in [0.2, 0.25) is 5.91 Å². The summed E-state index contributed by atoms with van der Waals surface area (Å²) in [5, 5.41) is 14.1. The first kappa shape index (κ1) is 22.8. The van der Waals surface area contributed by atoms with Crippen molar-refractivity contribution >= 4 is 28.8 Å². The fourth-order valence-corrected chi connectivity index (χ4v) is 4.00. The number of rotatable bonds is 7. The molecule has 8 nitrogen and oxygen atoms in total. The number of carbonyl (C=O) groups excluding carboxylic acids is 1. The van der Waals surface area contributed by atoms with Crippen molar-refractivity contribution in [1.82, 2.24) is 14.5 Å². The highest BCUT2D eigenvalue weighted by Gasteiger charge is 2.26. The first-order chi connectivity index (χ1) is 16.0. The van der Waals surface area contributed by atoms with E-state index >= 15 is 0 Å². The molecule has 8 heteroatoms. The standard InChI is InChI=1S/C25H29N5O3/c1-5-7-22(31)20-8-15(3)19(12-27-20)18-9-16-11-28-23(29-25(32)17-13-33-14-17)10-21(16)30(6-2)24(18)26-4/h6,8-12,17,22,31H,2,5,7,13-14H2,1,3-4H3,(H,28,29,32). The number of hydrogen-bond acceptors (Lipinski definition) is 6. The molecule has 1 amide bonds. The molecule has 1 aliphatic rings. The van der Waals surface area contributed by atoms with E-state index in [4.69, 9.17) is 4.74 Å². The SMILES string of the molecule is C=Cn1c(=NC)c(-c2cnc(C(O)CCC)cc2C)cc2cnc(NC(=O)C3COC3)cc21. The van der Waals surface area contributed by atoms with Crippen molar-refractivity contribution in [2.24, 2.45) is 10.9 Å². The van der Waals surface area contributed by atoms with Gasteiger partial charge in [0.1, 0.15) is 11.3 Å². The summed E-state index contributed by atoms with van der Waals surface area (Å²) in [5.74, 6) is 0.242. The summed E-state index contributed by atoms with van der Waals surface area (Å²) in [6.45, 7) is 8.90.